The smallest absolute Gasteiger partial charge is 0.184 e. The van der Waals surface area contributed by atoms with Crippen molar-refractivity contribution >= 4 is 23.5 Å². The summed E-state index contributed by atoms with van der Waals surface area (Å²) in [5, 5.41) is 3.48. The Kier molecular flexibility index (Phi) is 4.33. The van der Waals surface area contributed by atoms with Crippen LogP contribution in [-0.4, -0.2) is 18.4 Å². The Labute approximate surface area is 102 Å². The van der Waals surface area contributed by atoms with Crippen LogP contribution in [0.15, 0.2) is 11.2 Å². The van der Waals surface area contributed by atoms with Gasteiger partial charge in [-0.15, -0.1) is 0 Å². The van der Waals surface area contributed by atoms with Crippen LogP contribution in [0.25, 0.3) is 0 Å². The molecule has 0 atom stereocenters. The summed E-state index contributed by atoms with van der Waals surface area (Å²) in [5.74, 6) is -1.74. The lowest BCUT2D eigenvalue weighted by Crippen LogP contribution is -2.24. The highest BCUT2D eigenvalue weighted by molar-refractivity contribution is 7.80. The van der Waals surface area contributed by atoms with E-state index in [1.165, 1.54) is 20.1 Å². The van der Waals surface area contributed by atoms with E-state index in [9.17, 15) is 8.78 Å². The second kappa shape index (κ2) is 5.53. The van der Waals surface area contributed by atoms with Crippen LogP contribution >= 0.6 is 12.2 Å². The lowest BCUT2D eigenvalue weighted by molar-refractivity contribution is 0.401. The van der Waals surface area contributed by atoms with Crippen LogP contribution in [0.3, 0.4) is 0 Å². The first-order valence-electron chi connectivity index (χ1n) is 4.58. The predicted molar refractivity (Wildman–Crippen MR) is 65.2 cm³/mol. The summed E-state index contributed by atoms with van der Waals surface area (Å²) >= 11 is 4.50. The minimum atomic E-state index is -1.00. The van der Waals surface area contributed by atoms with Gasteiger partial charge in [-0.1, -0.05) is 0 Å². The third-order valence-electron chi connectivity index (χ3n) is 2.03. The van der Waals surface area contributed by atoms with E-state index >= 15 is 0 Å². The van der Waals surface area contributed by atoms with Crippen molar-refractivity contribution in [2.24, 2.45) is 10.8 Å². The number of nitrogens with one attached hydrogen (secondary N) is 1. The molecule has 0 aliphatic carbocycles. The fourth-order valence-electron chi connectivity index (χ4n) is 1.18. The van der Waals surface area contributed by atoms with E-state index in [1.54, 1.807) is 0 Å². The topological polar surface area (TPSA) is 59.6 Å². The van der Waals surface area contributed by atoms with E-state index in [2.05, 4.69) is 22.7 Å². The lowest BCUT2D eigenvalue weighted by atomic mass is 10.1. The molecule has 0 spiro atoms. The van der Waals surface area contributed by atoms with Gasteiger partial charge in [-0.3, -0.25) is 5.43 Å². The van der Waals surface area contributed by atoms with Crippen LogP contribution in [0.2, 0.25) is 0 Å². The molecule has 3 N–H and O–H groups in total. The van der Waals surface area contributed by atoms with Gasteiger partial charge in [0.15, 0.2) is 16.7 Å². The van der Waals surface area contributed by atoms with Gasteiger partial charge in [-0.2, -0.15) is 5.10 Å². The Balaban J connectivity index is 3.12. The second-order valence-electron chi connectivity index (χ2n) is 3.16. The zero-order valence-corrected chi connectivity index (χ0v) is 10.1. The van der Waals surface area contributed by atoms with E-state index in [4.69, 9.17) is 10.5 Å². The average Bonchev–Trinajstić information content (AvgIpc) is 2.29. The normalized spacial score (nSPS) is 10.6. The maximum atomic E-state index is 13.5. The molecule has 0 bridgehead atoms. The Morgan fingerprint density at radius 3 is 2.71 bits per heavy atom. The molecule has 1 aromatic rings. The summed E-state index contributed by atoms with van der Waals surface area (Å²) in [5.41, 5.74) is 7.40. The van der Waals surface area contributed by atoms with Crippen molar-refractivity contribution in [3.63, 3.8) is 0 Å². The van der Waals surface area contributed by atoms with E-state index in [-0.39, 0.29) is 22.0 Å². The van der Waals surface area contributed by atoms with Gasteiger partial charge in [0, 0.05) is 11.1 Å². The van der Waals surface area contributed by atoms with Gasteiger partial charge in [-0.05, 0) is 25.2 Å². The number of thiocarbonyl (C=S) groups is 1. The number of halogens is 2. The summed E-state index contributed by atoms with van der Waals surface area (Å²) in [6.45, 7) is 1.42. The fraction of sp³-hybridized carbons (Fsp3) is 0.200. The fourth-order valence-corrected chi connectivity index (χ4v) is 1.24. The molecule has 0 aromatic heterocycles. The summed E-state index contributed by atoms with van der Waals surface area (Å²) in [4.78, 5) is 0. The molecule has 7 heteroatoms. The van der Waals surface area contributed by atoms with E-state index < -0.39 is 11.6 Å². The molecule has 0 heterocycles. The summed E-state index contributed by atoms with van der Waals surface area (Å²) < 4.78 is 31.8. The minimum Gasteiger partial charge on any atom is -0.496 e. The van der Waals surface area contributed by atoms with Crippen molar-refractivity contribution in [2.45, 2.75) is 6.92 Å². The van der Waals surface area contributed by atoms with Crippen LogP contribution in [0.5, 0.6) is 5.75 Å². The van der Waals surface area contributed by atoms with Crippen molar-refractivity contribution in [1.82, 2.24) is 5.43 Å². The third-order valence-corrected chi connectivity index (χ3v) is 2.12. The maximum absolute atomic E-state index is 13.5. The number of nitrogens with zero attached hydrogens (tertiary/aromatic N) is 1. The second-order valence-corrected chi connectivity index (χ2v) is 3.60. The molecule has 0 radical (unpaired) electrons. The van der Waals surface area contributed by atoms with Gasteiger partial charge in [-0.25, -0.2) is 8.78 Å². The molecule has 0 unspecified atom stereocenters. The molecule has 0 amide bonds. The zero-order chi connectivity index (χ0) is 13.0. The molecule has 1 rings (SSSR count). The molecule has 0 saturated heterocycles. The molecule has 0 saturated carbocycles. The highest BCUT2D eigenvalue weighted by atomic mass is 32.1. The van der Waals surface area contributed by atoms with Gasteiger partial charge in [0.05, 0.1) is 13.3 Å². The lowest BCUT2D eigenvalue weighted by Gasteiger charge is -2.08. The number of rotatable bonds is 3. The summed E-state index contributed by atoms with van der Waals surface area (Å²) in [6, 6.07) is 1.33. The van der Waals surface area contributed by atoms with Crippen molar-refractivity contribution in [2.75, 3.05) is 7.11 Å². The van der Waals surface area contributed by atoms with Gasteiger partial charge >= 0.3 is 0 Å². The highest BCUT2D eigenvalue weighted by Gasteiger charge is 2.14. The first kappa shape index (κ1) is 13.3. The Morgan fingerprint density at radius 2 is 2.18 bits per heavy atom. The minimum absolute atomic E-state index is 0.0614. The first-order chi connectivity index (χ1) is 7.97. The largest absolute Gasteiger partial charge is 0.496 e. The number of hydrazone groups is 1. The predicted octanol–water partition coefficient (Wildman–Crippen LogP) is 1.45. The standard InChI is InChI=1S/C10H11F2N3OS/c1-5-7(16-2)3-6(9(12)8(5)11)4-14-15-10(13)17/h3-4H,1-2H3,(H3,13,15,17). The number of ether oxygens (including phenoxy) is 1. The van der Waals surface area contributed by atoms with Gasteiger partial charge in [0.25, 0.3) is 0 Å². The van der Waals surface area contributed by atoms with Crippen molar-refractivity contribution in [1.29, 1.82) is 0 Å². The van der Waals surface area contributed by atoms with Crippen molar-refractivity contribution in [3.8, 4) is 5.75 Å². The van der Waals surface area contributed by atoms with Crippen LogP contribution in [-0.2, 0) is 0 Å². The van der Waals surface area contributed by atoms with Gasteiger partial charge in [0.1, 0.15) is 5.75 Å². The van der Waals surface area contributed by atoms with E-state index in [1.807, 2.05) is 0 Å². The Hall–Kier alpha value is -1.76. The monoisotopic (exact) mass is 259 g/mol. The van der Waals surface area contributed by atoms with E-state index in [0.29, 0.717) is 0 Å². The molecule has 0 aliphatic heterocycles. The Bertz CT molecular complexity index is 477. The van der Waals surface area contributed by atoms with Crippen LogP contribution in [0, 0.1) is 18.6 Å². The number of hydrogen-bond donors (Lipinski definition) is 2. The maximum Gasteiger partial charge on any atom is 0.184 e. The molecule has 17 heavy (non-hydrogen) atoms. The average molecular weight is 259 g/mol. The van der Waals surface area contributed by atoms with E-state index in [0.717, 1.165) is 6.21 Å². The molecule has 0 aliphatic rings. The van der Waals surface area contributed by atoms with Gasteiger partial charge < -0.3 is 10.5 Å². The van der Waals surface area contributed by atoms with Crippen LogP contribution in [0.4, 0.5) is 8.78 Å². The first-order valence-corrected chi connectivity index (χ1v) is 4.99. The molecule has 4 nitrogen and oxygen atoms in total. The molecule has 92 valence electrons. The molecule has 1 aromatic carbocycles. The SMILES string of the molecule is COc1cc(C=NNC(N)=S)c(F)c(F)c1C. The summed E-state index contributed by atoms with van der Waals surface area (Å²) in [7, 11) is 1.37. The molecular formula is C10H11F2N3OS. The quantitative estimate of drug-likeness (QED) is 0.490. The summed E-state index contributed by atoms with van der Waals surface area (Å²) in [6.07, 6.45) is 1.07. The van der Waals surface area contributed by atoms with Crippen LogP contribution in [0.1, 0.15) is 11.1 Å². The number of methoxy groups -OCH3 is 1. The zero-order valence-electron chi connectivity index (χ0n) is 9.25. The third kappa shape index (κ3) is 3.10. The van der Waals surface area contributed by atoms with Gasteiger partial charge in [0.2, 0.25) is 0 Å². The Morgan fingerprint density at radius 1 is 1.53 bits per heavy atom. The molecule has 0 fully saturated rings. The van der Waals surface area contributed by atoms with Crippen molar-refractivity contribution < 1.29 is 13.5 Å². The number of nitrogens with two attached hydrogens (primary N) is 1. The van der Waals surface area contributed by atoms with Crippen LogP contribution < -0.4 is 15.9 Å². The highest BCUT2D eigenvalue weighted by Crippen LogP contribution is 2.25. The molecular weight excluding hydrogens is 248 g/mol. The van der Waals surface area contributed by atoms with Crippen molar-refractivity contribution in [3.05, 3.63) is 28.8 Å². The number of benzene rings is 1. The number of hydrogen-bond acceptors (Lipinski definition) is 3.